The first-order valence-corrected chi connectivity index (χ1v) is 9.83. The standard InChI is InChI=1S/C24H26O3/c1-21(2)13-7-14-22(3)24(21)17-16-23(25-22,26-27-24)15-12-19-10-6-9-18-8-4-5-11-20(18)19/h4-6,8-12,15-17H,7,13-14H2,1-3H3/b15-12+/t22-,23-,24?/m0/s1. The molecule has 3 heterocycles. The maximum atomic E-state index is 6.60. The van der Waals surface area contributed by atoms with Crippen LogP contribution in [-0.4, -0.2) is 17.0 Å². The molecule has 0 radical (unpaired) electrons. The van der Waals surface area contributed by atoms with E-state index in [2.05, 4.69) is 75.4 Å². The van der Waals surface area contributed by atoms with Gasteiger partial charge in [-0.15, -0.1) is 0 Å². The highest BCUT2D eigenvalue weighted by Crippen LogP contribution is 2.60. The minimum absolute atomic E-state index is 0.0393. The fraction of sp³-hybridized carbons (Fsp3) is 0.417. The Morgan fingerprint density at radius 1 is 0.889 bits per heavy atom. The molecular weight excluding hydrogens is 336 g/mol. The molecule has 0 amide bonds. The van der Waals surface area contributed by atoms with E-state index in [9.17, 15) is 0 Å². The van der Waals surface area contributed by atoms with Crippen LogP contribution >= 0.6 is 0 Å². The SMILES string of the molecule is CC1(C)CCC[C@]2(C)O[C@]3(/C=C/c4cccc5ccccc45)C=CC12OO3. The minimum atomic E-state index is -0.971. The van der Waals surface area contributed by atoms with Crippen molar-refractivity contribution in [2.45, 2.75) is 57.0 Å². The second-order valence-electron chi connectivity index (χ2n) is 8.93. The fourth-order valence-corrected chi connectivity index (χ4v) is 5.23. The normalized spacial score (nSPS) is 37.0. The summed E-state index contributed by atoms with van der Waals surface area (Å²) in [5.74, 6) is -0.971. The number of rotatable bonds is 2. The zero-order chi connectivity index (χ0) is 18.8. The molecule has 3 atom stereocenters. The molecule has 4 aliphatic rings. The lowest BCUT2D eigenvalue weighted by Crippen LogP contribution is -2.73. The van der Waals surface area contributed by atoms with Crippen molar-refractivity contribution in [2.75, 3.05) is 0 Å². The van der Waals surface area contributed by atoms with Crippen LogP contribution in [0.5, 0.6) is 0 Å². The zero-order valence-corrected chi connectivity index (χ0v) is 16.2. The highest BCUT2D eigenvalue weighted by atomic mass is 17.3. The Kier molecular flexibility index (Phi) is 3.52. The number of ether oxygens (including phenoxy) is 1. The molecule has 6 rings (SSSR count). The van der Waals surface area contributed by atoms with Gasteiger partial charge >= 0.3 is 0 Å². The number of fused-ring (bicyclic) bond motifs is 2. The Balaban J connectivity index is 1.54. The smallest absolute Gasteiger partial charge is 0.241 e. The van der Waals surface area contributed by atoms with Crippen LogP contribution in [0.3, 0.4) is 0 Å². The van der Waals surface area contributed by atoms with E-state index in [-0.39, 0.29) is 5.41 Å². The van der Waals surface area contributed by atoms with Crippen molar-refractivity contribution in [1.82, 2.24) is 0 Å². The summed E-state index contributed by atoms with van der Waals surface area (Å²) < 4.78 is 6.60. The van der Waals surface area contributed by atoms with E-state index in [0.717, 1.165) is 24.8 Å². The summed E-state index contributed by atoms with van der Waals surface area (Å²) in [4.78, 5) is 12.0. The molecule has 2 aromatic rings. The molecule has 3 heteroatoms. The predicted molar refractivity (Wildman–Crippen MR) is 107 cm³/mol. The van der Waals surface area contributed by atoms with Crippen molar-refractivity contribution in [3.63, 3.8) is 0 Å². The van der Waals surface area contributed by atoms with Gasteiger partial charge in [-0.05, 0) is 60.8 Å². The van der Waals surface area contributed by atoms with Gasteiger partial charge in [0.15, 0.2) is 5.60 Å². The summed E-state index contributed by atoms with van der Waals surface area (Å²) in [5, 5.41) is 2.43. The van der Waals surface area contributed by atoms with Gasteiger partial charge in [-0.3, -0.25) is 0 Å². The molecule has 3 nitrogen and oxygen atoms in total. The third kappa shape index (κ3) is 2.32. The second kappa shape index (κ2) is 5.54. The number of benzene rings is 2. The summed E-state index contributed by atoms with van der Waals surface area (Å²) in [6.07, 6.45) is 11.4. The lowest BCUT2D eigenvalue weighted by atomic mass is 9.57. The Bertz CT molecular complexity index is 954. The summed E-state index contributed by atoms with van der Waals surface area (Å²) in [5.41, 5.74) is 0.167. The summed E-state index contributed by atoms with van der Waals surface area (Å²) in [7, 11) is 0. The Morgan fingerprint density at radius 3 is 2.52 bits per heavy atom. The Hall–Kier alpha value is -1.94. The molecule has 140 valence electrons. The molecular formula is C24H26O3. The van der Waals surface area contributed by atoms with Gasteiger partial charge in [0.2, 0.25) is 5.79 Å². The predicted octanol–water partition coefficient (Wildman–Crippen LogP) is 5.81. The highest BCUT2D eigenvalue weighted by Gasteiger charge is 2.68. The molecule has 2 fully saturated rings. The van der Waals surface area contributed by atoms with E-state index in [1.54, 1.807) is 0 Å². The van der Waals surface area contributed by atoms with E-state index < -0.39 is 17.0 Å². The van der Waals surface area contributed by atoms with Gasteiger partial charge in [0.25, 0.3) is 0 Å². The lowest BCUT2D eigenvalue weighted by Gasteiger charge is -2.64. The molecule has 1 aliphatic carbocycles. The van der Waals surface area contributed by atoms with Gasteiger partial charge in [-0.2, -0.15) is 4.89 Å². The van der Waals surface area contributed by atoms with E-state index in [0.29, 0.717) is 0 Å². The van der Waals surface area contributed by atoms with Gasteiger partial charge in [0.1, 0.15) is 5.60 Å². The first-order chi connectivity index (χ1) is 12.9. The molecule has 0 N–H and O–H groups in total. The highest BCUT2D eigenvalue weighted by molar-refractivity contribution is 5.90. The van der Waals surface area contributed by atoms with Gasteiger partial charge in [0.05, 0.1) is 0 Å². The molecule has 27 heavy (non-hydrogen) atoms. The second-order valence-corrected chi connectivity index (χ2v) is 8.93. The van der Waals surface area contributed by atoms with Gasteiger partial charge < -0.3 is 4.74 Å². The average molecular weight is 362 g/mol. The molecule has 2 aromatic carbocycles. The summed E-state index contributed by atoms with van der Waals surface area (Å²) in [6.45, 7) is 6.65. The maximum absolute atomic E-state index is 6.60. The topological polar surface area (TPSA) is 27.7 Å². The number of hydrogen-bond donors (Lipinski definition) is 0. The van der Waals surface area contributed by atoms with Crippen LogP contribution in [0, 0.1) is 5.41 Å². The molecule has 1 unspecified atom stereocenters. The third-order valence-corrected chi connectivity index (χ3v) is 6.80. The van der Waals surface area contributed by atoms with E-state index in [1.165, 1.54) is 10.8 Å². The largest absolute Gasteiger partial charge is 0.331 e. The molecule has 1 saturated heterocycles. The first kappa shape index (κ1) is 17.2. The minimum Gasteiger partial charge on any atom is -0.331 e. The number of hydrogen-bond acceptors (Lipinski definition) is 3. The van der Waals surface area contributed by atoms with Crippen LogP contribution in [0.2, 0.25) is 0 Å². The van der Waals surface area contributed by atoms with Crippen LogP contribution in [0.1, 0.15) is 45.6 Å². The maximum Gasteiger partial charge on any atom is 0.241 e. The van der Waals surface area contributed by atoms with Crippen molar-refractivity contribution >= 4 is 16.8 Å². The average Bonchev–Trinajstić information content (AvgIpc) is 2.66. The van der Waals surface area contributed by atoms with E-state index >= 15 is 0 Å². The van der Waals surface area contributed by atoms with Crippen LogP contribution < -0.4 is 0 Å². The van der Waals surface area contributed by atoms with Crippen LogP contribution in [0.15, 0.2) is 60.7 Å². The van der Waals surface area contributed by atoms with E-state index in [1.807, 2.05) is 12.2 Å². The van der Waals surface area contributed by atoms with E-state index in [4.69, 9.17) is 14.5 Å². The fourth-order valence-electron chi connectivity index (χ4n) is 5.23. The van der Waals surface area contributed by atoms with Gasteiger partial charge in [-0.25, -0.2) is 4.89 Å². The van der Waals surface area contributed by atoms with Crippen molar-refractivity contribution in [2.24, 2.45) is 5.41 Å². The quantitative estimate of drug-likeness (QED) is 0.499. The van der Waals surface area contributed by atoms with Crippen LogP contribution in [0.4, 0.5) is 0 Å². The Morgan fingerprint density at radius 2 is 1.70 bits per heavy atom. The zero-order valence-electron chi connectivity index (χ0n) is 16.2. The molecule has 2 bridgehead atoms. The molecule has 1 spiro atoms. The van der Waals surface area contributed by atoms with Crippen molar-refractivity contribution in [1.29, 1.82) is 0 Å². The van der Waals surface area contributed by atoms with Crippen LogP contribution in [-0.2, 0) is 14.5 Å². The molecule has 3 aliphatic heterocycles. The third-order valence-electron chi connectivity index (χ3n) is 6.80. The summed E-state index contributed by atoms with van der Waals surface area (Å²) in [6, 6.07) is 14.7. The van der Waals surface area contributed by atoms with Gasteiger partial charge in [0, 0.05) is 5.41 Å². The van der Waals surface area contributed by atoms with Crippen molar-refractivity contribution in [3.8, 4) is 0 Å². The van der Waals surface area contributed by atoms with Gasteiger partial charge in [-0.1, -0.05) is 62.4 Å². The molecule has 0 aromatic heterocycles. The lowest BCUT2D eigenvalue weighted by molar-refractivity contribution is -0.540. The van der Waals surface area contributed by atoms with Crippen molar-refractivity contribution in [3.05, 3.63) is 66.3 Å². The summed E-state index contributed by atoms with van der Waals surface area (Å²) >= 11 is 0. The monoisotopic (exact) mass is 362 g/mol. The first-order valence-electron chi connectivity index (χ1n) is 9.83. The van der Waals surface area contributed by atoms with Crippen molar-refractivity contribution < 1.29 is 14.5 Å². The van der Waals surface area contributed by atoms with Crippen LogP contribution in [0.25, 0.3) is 16.8 Å². The Labute approximate surface area is 160 Å². The molecule has 1 saturated carbocycles.